The van der Waals surface area contributed by atoms with Crippen LogP contribution in [0, 0.1) is 0 Å². The summed E-state index contributed by atoms with van der Waals surface area (Å²) in [4.78, 5) is 23.7. The van der Waals surface area contributed by atoms with Gasteiger partial charge in [0.05, 0.1) is 17.6 Å². The molecule has 122 valence electrons. The molecule has 2 aliphatic heterocycles. The summed E-state index contributed by atoms with van der Waals surface area (Å²) in [6, 6.07) is 6.38. The van der Waals surface area contributed by atoms with Crippen LogP contribution in [0.3, 0.4) is 0 Å². The summed E-state index contributed by atoms with van der Waals surface area (Å²) in [6.07, 6.45) is 2.52. The molecule has 23 heavy (non-hydrogen) atoms. The second kappa shape index (κ2) is 5.15. The van der Waals surface area contributed by atoms with Crippen LogP contribution in [-0.4, -0.2) is 53.2 Å². The lowest BCUT2D eigenvalue weighted by atomic mass is 9.91. The molecule has 0 radical (unpaired) electrons. The summed E-state index contributed by atoms with van der Waals surface area (Å²) < 4.78 is 5.61. The van der Waals surface area contributed by atoms with E-state index in [1.165, 1.54) is 5.56 Å². The van der Waals surface area contributed by atoms with Gasteiger partial charge in [0, 0.05) is 33.0 Å². The molecule has 0 aliphatic carbocycles. The summed E-state index contributed by atoms with van der Waals surface area (Å²) in [5.41, 5.74) is 3.10. The van der Waals surface area contributed by atoms with Crippen molar-refractivity contribution in [3.63, 3.8) is 0 Å². The third-order valence-corrected chi connectivity index (χ3v) is 5.06. The first-order valence-electron chi connectivity index (χ1n) is 8.26. The van der Waals surface area contributed by atoms with Gasteiger partial charge in [-0.05, 0) is 24.1 Å². The molecular weight excluding hydrogens is 292 g/mol. The number of likely N-dealkylation sites (N-methyl/N-ethyl adjacent to an activating group) is 1. The fourth-order valence-corrected chi connectivity index (χ4v) is 3.59. The van der Waals surface area contributed by atoms with Gasteiger partial charge in [-0.1, -0.05) is 13.0 Å². The molecular formula is C17H22N4O2. The molecule has 6 nitrogen and oxygen atoms in total. The Morgan fingerprint density at radius 2 is 2.13 bits per heavy atom. The van der Waals surface area contributed by atoms with Crippen molar-refractivity contribution < 1.29 is 9.53 Å². The van der Waals surface area contributed by atoms with Crippen LogP contribution in [0.4, 0.5) is 10.7 Å². The summed E-state index contributed by atoms with van der Waals surface area (Å²) in [5.74, 6) is 0.917. The molecule has 0 unspecified atom stereocenters. The van der Waals surface area contributed by atoms with E-state index in [0.29, 0.717) is 6.54 Å². The highest BCUT2D eigenvalue weighted by Gasteiger charge is 2.45. The van der Waals surface area contributed by atoms with Crippen LogP contribution < -0.4 is 4.90 Å². The van der Waals surface area contributed by atoms with Crippen LogP contribution in [0.1, 0.15) is 25.3 Å². The highest BCUT2D eigenvalue weighted by molar-refractivity contribution is 5.78. The first kappa shape index (κ1) is 14.4. The van der Waals surface area contributed by atoms with Gasteiger partial charge >= 0.3 is 6.09 Å². The van der Waals surface area contributed by atoms with Crippen LogP contribution in [0.15, 0.2) is 18.2 Å². The Morgan fingerprint density at radius 1 is 1.35 bits per heavy atom. The van der Waals surface area contributed by atoms with Gasteiger partial charge in [-0.2, -0.15) is 0 Å². The molecule has 2 fully saturated rings. The number of aromatic nitrogens is 2. The zero-order valence-electron chi connectivity index (χ0n) is 13.6. The van der Waals surface area contributed by atoms with Crippen LogP contribution in [0.5, 0.6) is 0 Å². The second-order valence-electron chi connectivity index (χ2n) is 6.66. The number of carbonyl (C=O) groups is 1. The lowest BCUT2D eigenvalue weighted by molar-refractivity contribution is 0.0365. The molecule has 3 heterocycles. The number of benzene rings is 1. The lowest BCUT2D eigenvalue weighted by Gasteiger charge is -2.37. The van der Waals surface area contributed by atoms with E-state index in [1.54, 1.807) is 11.9 Å². The zero-order chi connectivity index (χ0) is 16.0. The second-order valence-corrected chi connectivity index (χ2v) is 6.66. The number of aromatic amines is 1. The maximum atomic E-state index is 11.6. The topological polar surface area (TPSA) is 61.5 Å². The minimum absolute atomic E-state index is 0.200. The largest absolute Gasteiger partial charge is 0.441 e. The first-order chi connectivity index (χ1) is 11.1. The van der Waals surface area contributed by atoms with E-state index in [0.717, 1.165) is 49.3 Å². The molecule has 1 amide bonds. The van der Waals surface area contributed by atoms with Crippen molar-refractivity contribution >= 4 is 23.1 Å². The van der Waals surface area contributed by atoms with Crippen LogP contribution in [-0.2, 0) is 11.2 Å². The summed E-state index contributed by atoms with van der Waals surface area (Å²) in [5, 5.41) is 0. The van der Waals surface area contributed by atoms with E-state index in [2.05, 4.69) is 35.0 Å². The number of aryl methyl sites for hydroxylation is 1. The number of hydrogen-bond donors (Lipinski definition) is 1. The SMILES string of the molecule is CCc1ccc2nc(N3CCC4(CC3)CN(C)C(=O)O4)[nH]c2c1. The molecule has 6 heteroatoms. The van der Waals surface area contributed by atoms with Gasteiger partial charge < -0.3 is 19.5 Å². The number of fused-ring (bicyclic) bond motifs is 1. The number of nitrogens with one attached hydrogen (secondary N) is 1. The fourth-order valence-electron chi connectivity index (χ4n) is 3.59. The van der Waals surface area contributed by atoms with E-state index in [9.17, 15) is 4.79 Å². The molecule has 1 spiro atoms. The third kappa shape index (κ3) is 2.42. The minimum atomic E-state index is -0.302. The summed E-state index contributed by atoms with van der Waals surface area (Å²) in [6.45, 7) is 4.55. The Balaban J connectivity index is 1.51. The number of rotatable bonds is 2. The number of nitrogens with zero attached hydrogens (tertiary/aromatic N) is 3. The molecule has 1 N–H and O–H groups in total. The Labute approximate surface area is 135 Å². The van der Waals surface area contributed by atoms with Crippen molar-refractivity contribution in [2.75, 3.05) is 31.6 Å². The number of ether oxygens (including phenoxy) is 1. The van der Waals surface area contributed by atoms with Gasteiger partial charge in [0.1, 0.15) is 5.60 Å². The molecule has 1 aromatic heterocycles. The van der Waals surface area contributed by atoms with Crippen LogP contribution >= 0.6 is 0 Å². The Kier molecular flexibility index (Phi) is 3.21. The lowest BCUT2D eigenvalue weighted by Crippen LogP contribution is -2.47. The molecule has 4 rings (SSSR count). The summed E-state index contributed by atoms with van der Waals surface area (Å²) >= 11 is 0. The van der Waals surface area contributed by atoms with Crippen molar-refractivity contribution in [1.82, 2.24) is 14.9 Å². The standard InChI is InChI=1S/C17H22N4O2/c1-3-12-4-5-13-14(10-12)19-15(18-13)21-8-6-17(7-9-21)11-20(2)16(22)23-17/h4-5,10H,3,6-9,11H2,1-2H3,(H,18,19). The number of piperidine rings is 1. The van der Waals surface area contributed by atoms with Gasteiger partial charge in [0.15, 0.2) is 0 Å². The van der Waals surface area contributed by atoms with Crippen LogP contribution in [0.25, 0.3) is 11.0 Å². The first-order valence-corrected chi connectivity index (χ1v) is 8.26. The molecule has 2 aliphatic rings. The van der Waals surface area contributed by atoms with Crippen molar-refractivity contribution in [2.24, 2.45) is 0 Å². The molecule has 0 atom stereocenters. The zero-order valence-corrected chi connectivity index (χ0v) is 13.6. The smallest absolute Gasteiger partial charge is 0.410 e. The number of carbonyl (C=O) groups excluding carboxylic acids is 1. The average molecular weight is 314 g/mol. The van der Waals surface area contributed by atoms with Crippen molar-refractivity contribution in [1.29, 1.82) is 0 Å². The molecule has 2 saturated heterocycles. The van der Waals surface area contributed by atoms with Gasteiger partial charge in [0.2, 0.25) is 5.95 Å². The Hall–Kier alpha value is -2.24. The number of anilines is 1. The quantitative estimate of drug-likeness (QED) is 0.925. The number of hydrogen-bond acceptors (Lipinski definition) is 4. The number of H-pyrrole nitrogens is 1. The Bertz CT molecular complexity index is 746. The van der Waals surface area contributed by atoms with E-state index < -0.39 is 0 Å². The van der Waals surface area contributed by atoms with E-state index >= 15 is 0 Å². The van der Waals surface area contributed by atoms with Crippen LogP contribution in [0.2, 0.25) is 0 Å². The highest BCUT2D eigenvalue weighted by Crippen LogP contribution is 2.34. The monoisotopic (exact) mass is 314 g/mol. The molecule has 1 aromatic carbocycles. The fraction of sp³-hybridized carbons (Fsp3) is 0.529. The predicted octanol–water partition coefficient (Wildman–Crippen LogP) is 2.55. The number of imidazole rings is 1. The summed E-state index contributed by atoms with van der Waals surface area (Å²) in [7, 11) is 1.80. The van der Waals surface area contributed by atoms with Gasteiger partial charge in [-0.15, -0.1) is 0 Å². The maximum Gasteiger partial charge on any atom is 0.410 e. The van der Waals surface area contributed by atoms with Gasteiger partial charge in [-0.25, -0.2) is 9.78 Å². The minimum Gasteiger partial charge on any atom is -0.441 e. The maximum absolute atomic E-state index is 11.6. The van der Waals surface area contributed by atoms with Crippen molar-refractivity contribution in [3.05, 3.63) is 23.8 Å². The van der Waals surface area contributed by atoms with Gasteiger partial charge in [0.25, 0.3) is 0 Å². The highest BCUT2D eigenvalue weighted by atomic mass is 16.6. The van der Waals surface area contributed by atoms with Crippen molar-refractivity contribution in [2.45, 2.75) is 31.8 Å². The third-order valence-electron chi connectivity index (χ3n) is 5.06. The Morgan fingerprint density at radius 3 is 2.78 bits per heavy atom. The molecule has 2 aromatic rings. The van der Waals surface area contributed by atoms with E-state index in [4.69, 9.17) is 9.72 Å². The van der Waals surface area contributed by atoms with E-state index in [1.807, 2.05) is 0 Å². The van der Waals surface area contributed by atoms with Gasteiger partial charge in [-0.3, -0.25) is 0 Å². The average Bonchev–Trinajstić information content (AvgIpc) is 3.09. The number of amides is 1. The van der Waals surface area contributed by atoms with E-state index in [-0.39, 0.29) is 11.7 Å². The van der Waals surface area contributed by atoms with Crippen molar-refractivity contribution in [3.8, 4) is 0 Å². The molecule has 0 bridgehead atoms. The normalized spacial score (nSPS) is 20.5. The predicted molar refractivity (Wildman–Crippen MR) is 88.8 cm³/mol. The molecule has 0 saturated carbocycles.